The predicted molar refractivity (Wildman–Crippen MR) is 73.6 cm³/mol. The van der Waals surface area contributed by atoms with E-state index in [2.05, 4.69) is 5.32 Å². The van der Waals surface area contributed by atoms with Gasteiger partial charge in [0.2, 0.25) is 0 Å². The lowest BCUT2D eigenvalue weighted by Gasteiger charge is -2.28. The topological polar surface area (TPSA) is 43.6 Å². The molecule has 2 heterocycles. The number of fused-ring (bicyclic) bond motifs is 1. The zero-order valence-corrected chi connectivity index (χ0v) is 11.4. The van der Waals surface area contributed by atoms with Gasteiger partial charge in [-0.25, -0.2) is 0 Å². The van der Waals surface area contributed by atoms with E-state index in [0.717, 1.165) is 16.7 Å². The van der Waals surface area contributed by atoms with Gasteiger partial charge in [-0.1, -0.05) is 23.7 Å². The highest BCUT2D eigenvalue weighted by Crippen LogP contribution is 2.31. The molecule has 19 heavy (non-hydrogen) atoms. The Labute approximate surface area is 116 Å². The van der Waals surface area contributed by atoms with Crippen molar-refractivity contribution in [3.63, 3.8) is 0 Å². The van der Waals surface area contributed by atoms with Crippen molar-refractivity contribution in [3.8, 4) is 0 Å². The van der Waals surface area contributed by atoms with E-state index < -0.39 is 0 Å². The number of hydrogen-bond donors (Lipinski definition) is 1. The fourth-order valence-electron chi connectivity index (χ4n) is 2.41. The Morgan fingerprint density at radius 1 is 1.37 bits per heavy atom. The summed E-state index contributed by atoms with van der Waals surface area (Å²) in [6, 6.07) is 7.69. The molecule has 0 aliphatic carbocycles. The molecule has 5 heteroatoms. The largest absolute Gasteiger partial charge is 0.458 e. The van der Waals surface area contributed by atoms with Crippen molar-refractivity contribution in [2.45, 2.75) is 12.1 Å². The SMILES string of the molecule is CNC(c1cc2cccc(Cl)c2o1)C1COCCO1. The third-order valence-corrected chi connectivity index (χ3v) is 3.64. The van der Waals surface area contributed by atoms with E-state index in [1.807, 2.05) is 31.3 Å². The van der Waals surface area contributed by atoms with Crippen molar-refractivity contribution in [1.82, 2.24) is 5.32 Å². The molecule has 1 aromatic heterocycles. The summed E-state index contributed by atoms with van der Waals surface area (Å²) in [6.07, 6.45) is -0.0434. The molecule has 1 aromatic carbocycles. The van der Waals surface area contributed by atoms with E-state index in [1.54, 1.807) is 0 Å². The van der Waals surface area contributed by atoms with Crippen LogP contribution in [0.25, 0.3) is 11.0 Å². The summed E-state index contributed by atoms with van der Waals surface area (Å²) in [6.45, 7) is 1.83. The number of benzene rings is 1. The van der Waals surface area contributed by atoms with E-state index in [9.17, 15) is 0 Å². The first-order chi connectivity index (χ1) is 9.29. The molecule has 0 bridgehead atoms. The normalized spacial score (nSPS) is 21.7. The summed E-state index contributed by atoms with van der Waals surface area (Å²) in [4.78, 5) is 0. The number of halogens is 1. The number of nitrogens with one attached hydrogen (secondary N) is 1. The van der Waals surface area contributed by atoms with Crippen molar-refractivity contribution >= 4 is 22.6 Å². The second-order valence-electron chi connectivity index (χ2n) is 4.56. The fraction of sp³-hybridized carbons (Fsp3) is 0.429. The van der Waals surface area contributed by atoms with Crippen molar-refractivity contribution in [2.75, 3.05) is 26.9 Å². The molecule has 0 saturated carbocycles. The smallest absolute Gasteiger partial charge is 0.152 e. The maximum Gasteiger partial charge on any atom is 0.152 e. The zero-order chi connectivity index (χ0) is 13.2. The van der Waals surface area contributed by atoms with Crippen LogP contribution < -0.4 is 5.32 Å². The molecule has 1 aliphatic rings. The summed E-state index contributed by atoms with van der Waals surface area (Å²) in [7, 11) is 1.89. The minimum atomic E-state index is -0.0434. The second kappa shape index (κ2) is 5.51. The Kier molecular flexibility index (Phi) is 3.75. The van der Waals surface area contributed by atoms with Gasteiger partial charge in [-0.3, -0.25) is 0 Å². The van der Waals surface area contributed by atoms with Crippen LogP contribution in [0.5, 0.6) is 0 Å². The summed E-state index contributed by atoms with van der Waals surface area (Å²) >= 11 is 6.13. The van der Waals surface area contributed by atoms with Crippen LogP contribution >= 0.6 is 11.6 Å². The molecule has 0 spiro atoms. The number of furan rings is 1. The van der Waals surface area contributed by atoms with E-state index in [0.29, 0.717) is 24.8 Å². The molecule has 3 rings (SSSR count). The molecular weight excluding hydrogens is 266 g/mol. The van der Waals surface area contributed by atoms with Gasteiger partial charge in [0.15, 0.2) is 5.58 Å². The lowest BCUT2D eigenvalue weighted by atomic mass is 10.1. The van der Waals surface area contributed by atoms with Gasteiger partial charge in [-0.2, -0.15) is 0 Å². The molecule has 1 fully saturated rings. The fourth-order valence-corrected chi connectivity index (χ4v) is 2.63. The summed E-state index contributed by atoms with van der Waals surface area (Å²) < 4.78 is 17.1. The third kappa shape index (κ3) is 2.49. The van der Waals surface area contributed by atoms with Gasteiger partial charge < -0.3 is 19.2 Å². The minimum Gasteiger partial charge on any atom is -0.458 e. The molecule has 1 N–H and O–H groups in total. The van der Waals surface area contributed by atoms with E-state index in [4.69, 9.17) is 25.5 Å². The second-order valence-corrected chi connectivity index (χ2v) is 4.96. The van der Waals surface area contributed by atoms with E-state index >= 15 is 0 Å². The van der Waals surface area contributed by atoms with Crippen LogP contribution in [0.3, 0.4) is 0 Å². The molecule has 1 aliphatic heterocycles. The van der Waals surface area contributed by atoms with Crippen molar-refractivity contribution in [1.29, 1.82) is 0 Å². The van der Waals surface area contributed by atoms with Gasteiger partial charge in [0.05, 0.1) is 30.9 Å². The maximum absolute atomic E-state index is 6.13. The Morgan fingerprint density at radius 2 is 2.26 bits per heavy atom. The number of likely N-dealkylation sites (N-methyl/N-ethyl adjacent to an activating group) is 1. The quantitative estimate of drug-likeness (QED) is 0.939. The van der Waals surface area contributed by atoms with E-state index in [-0.39, 0.29) is 12.1 Å². The summed E-state index contributed by atoms with van der Waals surface area (Å²) in [5.74, 6) is 0.820. The Bertz CT molecular complexity index is 563. The van der Waals surface area contributed by atoms with Gasteiger partial charge in [0, 0.05) is 5.39 Å². The number of para-hydroxylation sites is 1. The van der Waals surface area contributed by atoms with Gasteiger partial charge in [0.25, 0.3) is 0 Å². The molecule has 0 amide bonds. The van der Waals surface area contributed by atoms with Gasteiger partial charge >= 0.3 is 0 Å². The molecule has 1 saturated heterocycles. The van der Waals surface area contributed by atoms with Crippen molar-refractivity contribution in [3.05, 3.63) is 35.0 Å². The van der Waals surface area contributed by atoms with Crippen LogP contribution in [-0.4, -0.2) is 33.0 Å². The van der Waals surface area contributed by atoms with Crippen LogP contribution in [0.4, 0.5) is 0 Å². The van der Waals surface area contributed by atoms with Crippen LogP contribution in [0.15, 0.2) is 28.7 Å². The molecule has 2 aromatic rings. The molecule has 2 atom stereocenters. The van der Waals surface area contributed by atoms with Crippen LogP contribution in [0.2, 0.25) is 5.02 Å². The third-order valence-electron chi connectivity index (χ3n) is 3.35. The summed E-state index contributed by atoms with van der Waals surface area (Å²) in [5.41, 5.74) is 0.719. The highest BCUT2D eigenvalue weighted by Gasteiger charge is 2.28. The van der Waals surface area contributed by atoms with Crippen LogP contribution in [-0.2, 0) is 9.47 Å². The maximum atomic E-state index is 6.13. The number of ether oxygens (including phenoxy) is 2. The lowest BCUT2D eigenvalue weighted by molar-refractivity contribution is -0.103. The molecule has 102 valence electrons. The van der Waals surface area contributed by atoms with Crippen LogP contribution in [0, 0.1) is 0 Å². The first-order valence-corrected chi connectivity index (χ1v) is 6.72. The Morgan fingerprint density at radius 3 is 2.95 bits per heavy atom. The highest BCUT2D eigenvalue weighted by molar-refractivity contribution is 6.34. The predicted octanol–water partition coefficient (Wildman–Crippen LogP) is 2.76. The molecule has 0 radical (unpaired) electrons. The molecular formula is C14H16ClNO3. The first kappa shape index (κ1) is 12.9. The number of hydrogen-bond acceptors (Lipinski definition) is 4. The molecule has 4 nitrogen and oxygen atoms in total. The monoisotopic (exact) mass is 281 g/mol. The van der Waals surface area contributed by atoms with Crippen LogP contribution in [0.1, 0.15) is 11.8 Å². The first-order valence-electron chi connectivity index (χ1n) is 6.34. The highest BCUT2D eigenvalue weighted by atomic mass is 35.5. The Balaban J connectivity index is 1.94. The average Bonchev–Trinajstić information content (AvgIpc) is 2.86. The zero-order valence-electron chi connectivity index (χ0n) is 10.7. The van der Waals surface area contributed by atoms with Crippen molar-refractivity contribution in [2.24, 2.45) is 0 Å². The van der Waals surface area contributed by atoms with E-state index in [1.165, 1.54) is 0 Å². The lowest BCUT2D eigenvalue weighted by Crippen LogP contribution is -2.39. The van der Waals surface area contributed by atoms with Gasteiger partial charge in [0.1, 0.15) is 11.9 Å². The average molecular weight is 282 g/mol. The Hall–Kier alpha value is -1.07. The molecule has 2 unspecified atom stereocenters. The number of rotatable bonds is 3. The van der Waals surface area contributed by atoms with Gasteiger partial charge in [-0.05, 0) is 19.2 Å². The standard InChI is InChI=1S/C14H16ClNO3/c1-16-13(12-8-17-5-6-18-12)11-7-9-3-2-4-10(15)14(9)19-11/h2-4,7,12-13,16H,5-6,8H2,1H3. The summed E-state index contributed by atoms with van der Waals surface area (Å²) in [5, 5.41) is 4.85. The minimum absolute atomic E-state index is 0.0382. The van der Waals surface area contributed by atoms with Crippen molar-refractivity contribution < 1.29 is 13.9 Å². The van der Waals surface area contributed by atoms with Gasteiger partial charge in [-0.15, -0.1) is 0 Å².